The van der Waals surface area contributed by atoms with Crippen LogP contribution in [-0.4, -0.2) is 11.9 Å². The molecule has 0 aliphatic carbocycles. The number of carbonyl (C=O) groups excluding carboxylic acids is 2. The van der Waals surface area contributed by atoms with E-state index >= 15 is 0 Å². The maximum Gasteiger partial charge on any atom is 0.335 e. The van der Waals surface area contributed by atoms with Crippen LogP contribution in [-0.2, 0) is 9.59 Å². The molecular weight excluding hydrogens is 534 g/mol. The first-order chi connectivity index (χ1) is 21.0. The molecule has 0 aliphatic rings. The van der Waals surface area contributed by atoms with Gasteiger partial charge in [-0.05, 0) is 89.0 Å². The molecule has 0 radical (unpaired) electrons. The van der Waals surface area contributed by atoms with Crippen molar-refractivity contribution < 1.29 is 19.1 Å². The van der Waals surface area contributed by atoms with E-state index in [0.29, 0.717) is 11.5 Å². The summed E-state index contributed by atoms with van der Waals surface area (Å²) in [6.45, 7) is 6.89. The average molecular weight is 564 g/mol. The molecule has 5 aromatic carbocycles. The lowest BCUT2D eigenvalue weighted by Gasteiger charge is -2.25. The Balaban J connectivity index is 1.51. The fourth-order valence-electron chi connectivity index (χ4n) is 4.54. The van der Waals surface area contributed by atoms with Crippen molar-refractivity contribution in [3.8, 4) is 11.5 Å². The second kappa shape index (κ2) is 13.6. The third-order valence-corrected chi connectivity index (χ3v) is 6.59. The van der Waals surface area contributed by atoms with Gasteiger partial charge in [-0.25, -0.2) is 9.59 Å². The Hall–Kier alpha value is -5.94. The van der Waals surface area contributed by atoms with Gasteiger partial charge >= 0.3 is 11.9 Å². The van der Waals surface area contributed by atoms with Gasteiger partial charge in [0.2, 0.25) is 0 Å². The van der Waals surface area contributed by atoms with Crippen LogP contribution in [0.3, 0.4) is 0 Å². The summed E-state index contributed by atoms with van der Waals surface area (Å²) >= 11 is 0. The zero-order chi connectivity index (χ0) is 30.0. The smallest absolute Gasteiger partial charge is 0.335 e. The molecule has 5 rings (SSSR count). The van der Waals surface area contributed by atoms with Crippen LogP contribution in [0.4, 0.5) is 17.1 Å². The SMILES string of the molecule is C=CC(=O)Oc1ccc(C(=Cc2ccc(N(c3ccccc3)c3ccccc3)cc2)c2ccc(OC(=O)C=C)cc2)cc1. The van der Waals surface area contributed by atoms with Crippen LogP contribution >= 0.6 is 0 Å². The van der Waals surface area contributed by atoms with Gasteiger partial charge in [-0.2, -0.15) is 0 Å². The van der Waals surface area contributed by atoms with Gasteiger partial charge in [0.15, 0.2) is 0 Å². The van der Waals surface area contributed by atoms with Gasteiger partial charge in [0, 0.05) is 29.2 Å². The Bertz CT molecular complexity index is 1630. The van der Waals surface area contributed by atoms with E-state index in [0.717, 1.165) is 51.5 Å². The lowest BCUT2D eigenvalue weighted by molar-refractivity contribution is -0.129. The molecule has 0 aliphatic heterocycles. The highest BCUT2D eigenvalue weighted by molar-refractivity contribution is 5.92. The minimum absolute atomic E-state index is 0.422. The summed E-state index contributed by atoms with van der Waals surface area (Å²) in [4.78, 5) is 25.5. The van der Waals surface area contributed by atoms with Crippen molar-refractivity contribution >= 4 is 40.6 Å². The van der Waals surface area contributed by atoms with Crippen molar-refractivity contribution in [1.29, 1.82) is 0 Å². The maximum atomic E-state index is 11.7. The standard InChI is InChI=1S/C38H29NO4/c1-3-37(40)42-34-23-17-29(18-24-34)36(30-19-25-35(26-20-30)43-38(41)4-2)27-28-15-21-33(22-16-28)39(31-11-7-5-8-12-31)32-13-9-6-10-14-32/h3-27H,1-2H2. The van der Waals surface area contributed by atoms with Gasteiger partial charge in [0.05, 0.1) is 0 Å². The van der Waals surface area contributed by atoms with Gasteiger partial charge in [-0.3, -0.25) is 0 Å². The molecule has 210 valence electrons. The molecular formula is C38H29NO4. The first kappa shape index (κ1) is 28.6. The largest absolute Gasteiger partial charge is 0.423 e. The Kier molecular flexibility index (Phi) is 9.05. The molecule has 0 atom stereocenters. The van der Waals surface area contributed by atoms with E-state index in [2.05, 4.69) is 72.7 Å². The quantitative estimate of drug-likeness (QED) is 0.0735. The zero-order valence-electron chi connectivity index (χ0n) is 23.4. The highest BCUT2D eigenvalue weighted by Gasteiger charge is 2.13. The summed E-state index contributed by atoms with van der Waals surface area (Å²) in [5.41, 5.74) is 6.89. The van der Waals surface area contributed by atoms with Crippen LogP contribution in [0.25, 0.3) is 11.6 Å². The monoisotopic (exact) mass is 563 g/mol. The number of nitrogens with zero attached hydrogens (tertiary/aromatic N) is 1. The Labute approximate surface area is 251 Å². The second-order valence-electron chi connectivity index (χ2n) is 9.46. The molecule has 0 N–H and O–H groups in total. The van der Waals surface area contributed by atoms with E-state index in [1.54, 1.807) is 24.3 Å². The molecule has 0 fully saturated rings. The molecule has 43 heavy (non-hydrogen) atoms. The van der Waals surface area contributed by atoms with Crippen LogP contribution in [0, 0.1) is 0 Å². The molecule has 0 amide bonds. The van der Waals surface area contributed by atoms with Crippen LogP contribution < -0.4 is 14.4 Å². The van der Waals surface area contributed by atoms with E-state index in [1.165, 1.54) is 0 Å². The van der Waals surface area contributed by atoms with Crippen LogP contribution in [0.1, 0.15) is 16.7 Å². The van der Waals surface area contributed by atoms with E-state index in [9.17, 15) is 9.59 Å². The van der Waals surface area contributed by atoms with E-state index in [1.807, 2.05) is 60.7 Å². The van der Waals surface area contributed by atoms with Crippen molar-refractivity contribution in [3.63, 3.8) is 0 Å². The molecule has 5 nitrogen and oxygen atoms in total. The Morgan fingerprint density at radius 2 is 0.907 bits per heavy atom. The number of hydrogen-bond acceptors (Lipinski definition) is 5. The van der Waals surface area contributed by atoms with Gasteiger partial charge in [0.25, 0.3) is 0 Å². The number of ether oxygens (including phenoxy) is 2. The average Bonchev–Trinajstić information content (AvgIpc) is 3.06. The lowest BCUT2D eigenvalue weighted by atomic mass is 9.95. The molecule has 0 aromatic heterocycles. The second-order valence-corrected chi connectivity index (χ2v) is 9.46. The number of anilines is 3. The van der Waals surface area contributed by atoms with Crippen LogP contribution in [0.5, 0.6) is 11.5 Å². The normalized spacial score (nSPS) is 10.2. The third-order valence-electron chi connectivity index (χ3n) is 6.59. The summed E-state index contributed by atoms with van der Waals surface area (Å²) in [5, 5.41) is 0. The van der Waals surface area contributed by atoms with E-state index in [-0.39, 0.29) is 0 Å². The molecule has 0 heterocycles. The molecule has 0 unspecified atom stereocenters. The Morgan fingerprint density at radius 1 is 0.512 bits per heavy atom. The number of carbonyl (C=O) groups is 2. The summed E-state index contributed by atoms with van der Waals surface area (Å²) in [6.07, 6.45) is 4.34. The minimum atomic E-state index is -0.520. The Morgan fingerprint density at radius 3 is 1.30 bits per heavy atom. The lowest BCUT2D eigenvalue weighted by Crippen LogP contribution is -2.09. The number of esters is 2. The van der Waals surface area contributed by atoms with Gasteiger partial charge in [-0.15, -0.1) is 0 Å². The summed E-state index contributed by atoms with van der Waals surface area (Å²) in [6, 6.07) is 43.4. The minimum Gasteiger partial charge on any atom is -0.423 e. The predicted octanol–water partition coefficient (Wildman–Crippen LogP) is 8.93. The zero-order valence-corrected chi connectivity index (χ0v) is 23.4. The number of para-hydroxylation sites is 2. The van der Waals surface area contributed by atoms with Crippen LogP contribution in [0.2, 0.25) is 0 Å². The summed E-state index contributed by atoms with van der Waals surface area (Å²) in [5.74, 6) is -0.196. The first-order valence-corrected chi connectivity index (χ1v) is 13.7. The van der Waals surface area contributed by atoms with Crippen LogP contribution in [0.15, 0.2) is 159 Å². The number of benzene rings is 5. The number of rotatable bonds is 10. The third kappa shape index (κ3) is 7.23. The highest BCUT2D eigenvalue weighted by Crippen LogP contribution is 2.35. The maximum absolute atomic E-state index is 11.7. The van der Waals surface area contributed by atoms with Gasteiger partial charge in [-0.1, -0.05) is 86.0 Å². The molecule has 5 heteroatoms. The molecule has 0 bridgehead atoms. The molecule has 5 aromatic rings. The predicted molar refractivity (Wildman–Crippen MR) is 173 cm³/mol. The van der Waals surface area contributed by atoms with Crippen molar-refractivity contribution in [2.75, 3.05) is 4.90 Å². The van der Waals surface area contributed by atoms with Crippen molar-refractivity contribution in [2.24, 2.45) is 0 Å². The molecule has 0 spiro atoms. The van der Waals surface area contributed by atoms with Gasteiger partial charge in [0.1, 0.15) is 11.5 Å². The van der Waals surface area contributed by atoms with Gasteiger partial charge < -0.3 is 14.4 Å². The topological polar surface area (TPSA) is 55.8 Å². The highest BCUT2D eigenvalue weighted by atomic mass is 16.5. The van der Waals surface area contributed by atoms with Crippen molar-refractivity contribution in [2.45, 2.75) is 0 Å². The molecule has 0 saturated carbocycles. The fourth-order valence-corrected chi connectivity index (χ4v) is 4.54. The van der Waals surface area contributed by atoms with Crippen molar-refractivity contribution in [3.05, 3.63) is 175 Å². The summed E-state index contributed by atoms with van der Waals surface area (Å²) < 4.78 is 10.5. The van der Waals surface area contributed by atoms with E-state index < -0.39 is 11.9 Å². The number of hydrogen-bond donors (Lipinski definition) is 0. The van der Waals surface area contributed by atoms with Crippen molar-refractivity contribution in [1.82, 2.24) is 0 Å². The fraction of sp³-hybridized carbons (Fsp3) is 0. The summed E-state index contributed by atoms with van der Waals surface area (Å²) in [7, 11) is 0. The van der Waals surface area contributed by atoms with E-state index in [4.69, 9.17) is 9.47 Å². The first-order valence-electron chi connectivity index (χ1n) is 13.7. The molecule has 0 saturated heterocycles.